The van der Waals surface area contributed by atoms with E-state index < -0.39 is 11.6 Å². The van der Waals surface area contributed by atoms with Crippen LogP contribution in [0.15, 0.2) is 29.0 Å². The van der Waals surface area contributed by atoms with Crippen LogP contribution in [-0.4, -0.2) is 9.78 Å². The van der Waals surface area contributed by atoms with Crippen LogP contribution in [-0.2, 0) is 13.5 Å². The number of hydrogen-bond acceptors (Lipinski definition) is 3. The number of nitrogens with zero attached hydrogens (tertiary/aromatic N) is 2. The molecule has 20 heavy (non-hydrogen) atoms. The van der Waals surface area contributed by atoms with Crippen LogP contribution in [0.25, 0.3) is 0 Å². The molecular weight excluding hydrogens is 330 g/mol. The van der Waals surface area contributed by atoms with E-state index >= 15 is 0 Å². The van der Waals surface area contributed by atoms with Crippen molar-refractivity contribution in [1.29, 1.82) is 0 Å². The Bertz CT molecular complexity index is 600. The third kappa shape index (κ3) is 3.23. The molecule has 0 bridgehead atoms. The molecule has 1 atom stereocenters. The predicted molar refractivity (Wildman–Crippen MR) is 75.7 cm³/mol. The van der Waals surface area contributed by atoms with Gasteiger partial charge in [0.2, 0.25) is 0 Å². The predicted octanol–water partition coefficient (Wildman–Crippen LogP) is 2.60. The Labute approximate surface area is 124 Å². The van der Waals surface area contributed by atoms with Gasteiger partial charge in [-0.3, -0.25) is 16.0 Å². The molecule has 4 nitrogen and oxygen atoms in total. The lowest BCUT2D eigenvalue weighted by Gasteiger charge is -2.18. The fourth-order valence-electron chi connectivity index (χ4n) is 2.05. The topological polar surface area (TPSA) is 55.9 Å². The van der Waals surface area contributed by atoms with Crippen LogP contribution in [0.3, 0.4) is 0 Å². The molecule has 0 saturated heterocycles. The minimum Gasteiger partial charge on any atom is -0.276 e. The zero-order valence-electron chi connectivity index (χ0n) is 10.9. The summed E-state index contributed by atoms with van der Waals surface area (Å²) < 4.78 is 28.5. The van der Waals surface area contributed by atoms with Crippen molar-refractivity contribution < 1.29 is 8.78 Å². The van der Waals surface area contributed by atoms with Gasteiger partial charge in [-0.25, -0.2) is 8.78 Å². The third-order valence-electron chi connectivity index (χ3n) is 3.12. The van der Waals surface area contributed by atoms with Crippen molar-refractivity contribution in [3.63, 3.8) is 0 Å². The molecule has 0 aliphatic carbocycles. The van der Waals surface area contributed by atoms with Crippen LogP contribution in [0, 0.1) is 11.6 Å². The standard InChI is InChI=1S/C13H15BrF2N4/c1-20-7-8(6-18-20)2-5-11(19-17)9-3-4-10(15)13(16)12(9)14/h3-4,6-7,11,19H,2,5,17H2,1H3. The van der Waals surface area contributed by atoms with Crippen molar-refractivity contribution >= 4 is 15.9 Å². The molecule has 0 saturated carbocycles. The van der Waals surface area contributed by atoms with Gasteiger partial charge >= 0.3 is 0 Å². The van der Waals surface area contributed by atoms with E-state index in [0.29, 0.717) is 12.0 Å². The summed E-state index contributed by atoms with van der Waals surface area (Å²) in [5, 5.41) is 4.08. The Balaban J connectivity index is 2.14. The number of halogens is 3. The number of hydrogen-bond donors (Lipinski definition) is 2. The molecule has 7 heteroatoms. The summed E-state index contributed by atoms with van der Waals surface area (Å²) in [5.74, 6) is 3.74. The van der Waals surface area contributed by atoms with Gasteiger partial charge < -0.3 is 0 Å². The molecular formula is C13H15BrF2N4. The van der Waals surface area contributed by atoms with Crippen molar-refractivity contribution in [2.45, 2.75) is 18.9 Å². The average molecular weight is 345 g/mol. The van der Waals surface area contributed by atoms with E-state index in [1.807, 2.05) is 13.2 Å². The van der Waals surface area contributed by atoms with E-state index in [4.69, 9.17) is 5.84 Å². The fourth-order valence-corrected chi connectivity index (χ4v) is 2.65. The van der Waals surface area contributed by atoms with Crippen molar-refractivity contribution in [2.75, 3.05) is 0 Å². The molecule has 108 valence electrons. The van der Waals surface area contributed by atoms with Crippen LogP contribution in [0.4, 0.5) is 8.78 Å². The lowest BCUT2D eigenvalue weighted by atomic mass is 10.0. The van der Waals surface area contributed by atoms with Crippen LogP contribution < -0.4 is 11.3 Å². The molecule has 1 aromatic heterocycles. The van der Waals surface area contributed by atoms with E-state index in [1.54, 1.807) is 10.9 Å². The van der Waals surface area contributed by atoms with Crippen molar-refractivity contribution in [2.24, 2.45) is 12.9 Å². The normalized spacial score (nSPS) is 12.7. The van der Waals surface area contributed by atoms with Gasteiger partial charge in [0.1, 0.15) is 0 Å². The maximum absolute atomic E-state index is 13.6. The highest BCUT2D eigenvalue weighted by Crippen LogP contribution is 2.29. The van der Waals surface area contributed by atoms with Gasteiger partial charge in [-0.1, -0.05) is 6.07 Å². The fraction of sp³-hybridized carbons (Fsp3) is 0.308. The van der Waals surface area contributed by atoms with Gasteiger partial charge in [0.05, 0.1) is 10.7 Å². The smallest absolute Gasteiger partial charge is 0.173 e. The van der Waals surface area contributed by atoms with Crippen LogP contribution in [0.5, 0.6) is 0 Å². The number of aromatic nitrogens is 2. The van der Waals surface area contributed by atoms with E-state index in [0.717, 1.165) is 18.1 Å². The number of nitrogens with two attached hydrogens (primary N) is 1. The highest BCUT2D eigenvalue weighted by molar-refractivity contribution is 9.10. The van der Waals surface area contributed by atoms with Gasteiger partial charge in [-0.2, -0.15) is 5.10 Å². The van der Waals surface area contributed by atoms with Crippen LogP contribution in [0.2, 0.25) is 0 Å². The molecule has 0 radical (unpaired) electrons. The third-order valence-corrected chi connectivity index (χ3v) is 3.93. The second-order valence-electron chi connectivity index (χ2n) is 4.54. The zero-order valence-corrected chi connectivity index (χ0v) is 12.5. The lowest BCUT2D eigenvalue weighted by molar-refractivity contribution is 0.482. The molecule has 1 unspecified atom stereocenters. The number of benzene rings is 1. The molecule has 3 N–H and O–H groups in total. The van der Waals surface area contributed by atoms with Gasteiger partial charge in [0.25, 0.3) is 0 Å². The lowest BCUT2D eigenvalue weighted by Crippen LogP contribution is -2.29. The second-order valence-corrected chi connectivity index (χ2v) is 5.34. The molecule has 0 fully saturated rings. The average Bonchev–Trinajstić information content (AvgIpc) is 2.84. The van der Waals surface area contributed by atoms with Gasteiger partial charge in [0, 0.05) is 19.3 Å². The summed E-state index contributed by atoms with van der Waals surface area (Å²) in [6.07, 6.45) is 5.06. The summed E-state index contributed by atoms with van der Waals surface area (Å²) in [6.45, 7) is 0. The second kappa shape index (κ2) is 6.43. The van der Waals surface area contributed by atoms with E-state index in [9.17, 15) is 8.78 Å². The Morgan fingerprint density at radius 2 is 2.20 bits per heavy atom. The summed E-state index contributed by atoms with van der Waals surface area (Å²) in [6, 6.07) is 2.35. The summed E-state index contributed by atoms with van der Waals surface area (Å²) >= 11 is 3.08. The Morgan fingerprint density at radius 1 is 1.45 bits per heavy atom. The van der Waals surface area contributed by atoms with Crippen molar-refractivity contribution in [3.05, 3.63) is 51.8 Å². The Kier molecular flexibility index (Phi) is 4.85. The first-order chi connectivity index (χ1) is 9.52. The largest absolute Gasteiger partial charge is 0.276 e. The van der Waals surface area contributed by atoms with E-state index in [2.05, 4.69) is 26.5 Å². The van der Waals surface area contributed by atoms with E-state index in [1.165, 1.54) is 6.07 Å². The maximum atomic E-state index is 13.6. The summed E-state index contributed by atoms with van der Waals surface area (Å²) in [5.41, 5.74) is 4.29. The van der Waals surface area contributed by atoms with Gasteiger partial charge in [-0.15, -0.1) is 0 Å². The first-order valence-corrected chi connectivity index (χ1v) is 6.89. The minimum absolute atomic E-state index is 0.103. The Morgan fingerprint density at radius 3 is 2.80 bits per heavy atom. The molecule has 1 aromatic carbocycles. The molecule has 0 aliphatic rings. The molecule has 0 spiro atoms. The quantitative estimate of drug-likeness (QED) is 0.498. The molecule has 0 aliphatic heterocycles. The highest BCUT2D eigenvalue weighted by Gasteiger charge is 2.18. The monoisotopic (exact) mass is 344 g/mol. The molecule has 2 aromatic rings. The van der Waals surface area contributed by atoms with E-state index in [-0.39, 0.29) is 10.5 Å². The van der Waals surface area contributed by atoms with Crippen molar-refractivity contribution in [1.82, 2.24) is 15.2 Å². The highest BCUT2D eigenvalue weighted by atomic mass is 79.9. The number of nitrogens with one attached hydrogen (secondary N) is 1. The van der Waals surface area contributed by atoms with Crippen LogP contribution >= 0.6 is 15.9 Å². The number of aryl methyl sites for hydroxylation is 2. The molecule has 2 rings (SSSR count). The SMILES string of the molecule is Cn1cc(CCC(NN)c2ccc(F)c(F)c2Br)cn1. The van der Waals surface area contributed by atoms with Gasteiger partial charge in [-0.05, 0) is 46.0 Å². The summed E-state index contributed by atoms with van der Waals surface area (Å²) in [4.78, 5) is 0. The van der Waals surface area contributed by atoms with Gasteiger partial charge in [0.15, 0.2) is 11.6 Å². The maximum Gasteiger partial charge on any atom is 0.173 e. The minimum atomic E-state index is -0.899. The number of rotatable bonds is 5. The first-order valence-electron chi connectivity index (χ1n) is 6.10. The molecule has 0 amide bonds. The van der Waals surface area contributed by atoms with Crippen molar-refractivity contribution in [3.8, 4) is 0 Å². The Hall–Kier alpha value is -1.31. The van der Waals surface area contributed by atoms with Crippen LogP contribution in [0.1, 0.15) is 23.6 Å². The summed E-state index contributed by atoms with van der Waals surface area (Å²) in [7, 11) is 1.84. The first kappa shape index (κ1) is 15.1. The molecule has 1 heterocycles. The zero-order chi connectivity index (χ0) is 14.7. The number of hydrazine groups is 1.